The largest absolute Gasteiger partial charge is 0.0616 e. The van der Waals surface area contributed by atoms with Crippen LogP contribution in [-0.2, 0) is 0 Å². The minimum Gasteiger partial charge on any atom is -0.0616 e. The van der Waals surface area contributed by atoms with Crippen LogP contribution < -0.4 is 0 Å². The molecule has 0 radical (unpaired) electrons. The molecule has 30 heavy (non-hydrogen) atoms. The number of hydrogen-bond donors (Lipinski definition) is 0. The molecule has 0 heteroatoms. The fourth-order valence-electron chi connectivity index (χ4n) is 4.96. The Bertz CT molecular complexity index is 1740. The maximum Gasteiger partial charge on any atom is -0.00990 e. The minimum absolute atomic E-state index is 1.29. The van der Waals surface area contributed by atoms with Gasteiger partial charge in [0.05, 0.1) is 0 Å². The van der Waals surface area contributed by atoms with Crippen LogP contribution in [0.4, 0.5) is 0 Å². The lowest BCUT2D eigenvalue weighted by atomic mass is 9.96. The molecule has 0 fully saturated rings. The molecule has 0 aromatic heterocycles. The molecule has 0 saturated heterocycles. The molecule has 0 spiro atoms. The lowest BCUT2D eigenvalue weighted by Crippen LogP contribution is -1.81. The van der Waals surface area contributed by atoms with Crippen LogP contribution in [0.3, 0.4) is 0 Å². The lowest BCUT2D eigenvalue weighted by molar-refractivity contribution is 1.79. The van der Waals surface area contributed by atoms with Crippen LogP contribution in [-0.4, -0.2) is 0 Å². The quantitative estimate of drug-likeness (QED) is 0.232. The molecule has 0 saturated carbocycles. The SMILES string of the molecule is c1cc2cccc3cc4cc5cc6cc7ccccc7cc6cc5cc4cc3c-2c1. The topological polar surface area (TPSA) is 0 Å². The van der Waals surface area contributed by atoms with Gasteiger partial charge in [0.1, 0.15) is 0 Å². The second-order valence-corrected chi connectivity index (χ2v) is 8.31. The van der Waals surface area contributed by atoms with Crippen molar-refractivity contribution in [2.75, 3.05) is 0 Å². The van der Waals surface area contributed by atoms with Crippen molar-refractivity contribution in [2.24, 2.45) is 0 Å². The molecule has 2 aliphatic carbocycles. The Hall–Kier alpha value is -3.90. The van der Waals surface area contributed by atoms with Gasteiger partial charge in [-0.05, 0) is 114 Å². The van der Waals surface area contributed by atoms with Crippen LogP contribution in [0, 0.1) is 0 Å². The van der Waals surface area contributed by atoms with E-state index in [2.05, 4.69) is 109 Å². The van der Waals surface area contributed by atoms with Gasteiger partial charge in [0, 0.05) is 0 Å². The third-order valence-electron chi connectivity index (χ3n) is 6.48. The first-order valence-corrected chi connectivity index (χ1v) is 10.4. The van der Waals surface area contributed by atoms with E-state index in [4.69, 9.17) is 0 Å². The molecular formula is C30H18. The molecule has 5 aromatic rings. The second kappa shape index (κ2) is 5.81. The maximum atomic E-state index is 2.36. The van der Waals surface area contributed by atoms with Gasteiger partial charge < -0.3 is 0 Å². The summed E-state index contributed by atoms with van der Waals surface area (Å²) in [5.41, 5.74) is 2.62. The van der Waals surface area contributed by atoms with Crippen molar-refractivity contribution in [3.63, 3.8) is 0 Å². The highest BCUT2D eigenvalue weighted by Crippen LogP contribution is 2.35. The Morgan fingerprint density at radius 2 is 0.733 bits per heavy atom. The van der Waals surface area contributed by atoms with Gasteiger partial charge in [-0.3, -0.25) is 0 Å². The van der Waals surface area contributed by atoms with Crippen LogP contribution in [0.25, 0.3) is 65.0 Å². The zero-order valence-electron chi connectivity index (χ0n) is 16.4. The zero-order valence-corrected chi connectivity index (χ0v) is 16.4. The van der Waals surface area contributed by atoms with Crippen LogP contribution in [0.15, 0.2) is 109 Å². The van der Waals surface area contributed by atoms with Crippen molar-refractivity contribution in [3.8, 4) is 11.1 Å². The van der Waals surface area contributed by atoms with E-state index in [1.165, 1.54) is 65.0 Å². The van der Waals surface area contributed by atoms with E-state index in [0.717, 1.165) is 0 Å². The first-order chi connectivity index (χ1) is 14.8. The predicted octanol–water partition coefficient (Wildman–Crippen LogP) is 8.56. The van der Waals surface area contributed by atoms with Gasteiger partial charge in [0.2, 0.25) is 0 Å². The predicted molar refractivity (Wildman–Crippen MR) is 131 cm³/mol. The van der Waals surface area contributed by atoms with E-state index in [1.54, 1.807) is 0 Å². The van der Waals surface area contributed by atoms with E-state index >= 15 is 0 Å². The molecule has 0 bridgehead atoms. The van der Waals surface area contributed by atoms with Gasteiger partial charge in [-0.15, -0.1) is 0 Å². The van der Waals surface area contributed by atoms with Crippen molar-refractivity contribution < 1.29 is 0 Å². The Kier molecular flexibility index (Phi) is 3.09. The molecule has 0 unspecified atom stereocenters. The maximum absolute atomic E-state index is 2.36. The second-order valence-electron chi connectivity index (χ2n) is 8.31. The summed E-state index contributed by atoms with van der Waals surface area (Å²) in [7, 11) is 0. The van der Waals surface area contributed by atoms with E-state index in [0.29, 0.717) is 0 Å². The van der Waals surface area contributed by atoms with Crippen molar-refractivity contribution in [1.29, 1.82) is 0 Å². The molecule has 138 valence electrons. The van der Waals surface area contributed by atoms with E-state index in [1.807, 2.05) is 0 Å². The Labute approximate surface area is 174 Å². The summed E-state index contributed by atoms with van der Waals surface area (Å²) < 4.78 is 0. The highest BCUT2D eigenvalue weighted by molar-refractivity contribution is 6.11. The van der Waals surface area contributed by atoms with Crippen LogP contribution >= 0.6 is 0 Å². The Balaban J connectivity index is 1.57. The zero-order chi connectivity index (χ0) is 19.7. The van der Waals surface area contributed by atoms with Crippen molar-refractivity contribution in [1.82, 2.24) is 0 Å². The van der Waals surface area contributed by atoms with Gasteiger partial charge in [0.25, 0.3) is 0 Å². The molecular weight excluding hydrogens is 360 g/mol. The van der Waals surface area contributed by atoms with Crippen LogP contribution in [0.2, 0.25) is 0 Å². The summed E-state index contributed by atoms with van der Waals surface area (Å²) in [6, 6.07) is 40.4. The third-order valence-corrected chi connectivity index (χ3v) is 6.48. The average molecular weight is 378 g/mol. The van der Waals surface area contributed by atoms with E-state index in [-0.39, 0.29) is 0 Å². The Morgan fingerprint density at radius 3 is 1.33 bits per heavy atom. The molecule has 2 aliphatic rings. The number of benzene rings is 5. The van der Waals surface area contributed by atoms with Crippen LogP contribution in [0.5, 0.6) is 0 Å². The molecule has 0 amide bonds. The number of hydrogen-bond acceptors (Lipinski definition) is 0. The van der Waals surface area contributed by atoms with Gasteiger partial charge >= 0.3 is 0 Å². The molecule has 0 aliphatic heterocycles. The van der Waals surface area contributed by atoms with Crippen molar-refractivity contribution >= 4 is 53.9 Å². The summed E-state index contributed by atoms with van der Waals surface area (Å²) in [5, 5.41) is 13.0. The number of fused-ring (bicyclic) bond motifs is 7. The fourth-order valence-corrected chi connectivity index (χ4v) is 4.96. The molecule has 5 aromatic carbocycles. The molecule has 0 heterocycles. The number of rotatable bonds is 0. The fraction of sp³-hybridized carbons (Fsp3) is 0. The summed E-state index contributed by atoms with van der Waals surface area (Å²) in [6.45, 7) is 0. The van der Waals surface area contributed by atoms with E-state index < -0.39 is 0 Å². The molecule has 0 nitrogen and oxygen atoms in total. The standard InChI is InChI=1S/C30H18/c1-2-6-21-12-24-15-27-17-28-18-30-22(9-3-7-19-8-4-10-29(19)30)13-25(28)16-26(27)14-23(24)11-20(21)5-1/h1-18H. The van der Waals surface area contributed by atoms with Crippen molar-refractivity contribution in [3.05, 3.63) is 109 Å². The van der Waals surface area contributed by atoms with Gasteiger partial charge in [0.15, 0.2) is 0 Å². The molecule has 7 rings (SSSR count). The first kappa shape index (κ1) is 16.0. The molecule has 0 N–H and O–H groups in total. The van der Waals surface area contributed by atoms with E-state index in [9.17, 15) is 0 Å². The van der Waals surface area contributed by atoms with Gasteiger partial charge in [-0.2, -0.15) is 0 Å². The highest BCUT2D eigenvalue weighted by Gasteiger charge is 2.08. The minimum atomic E-state index is 1.29. The summed E-state index contributed by atoms with van der Waals surface area (Å²) >= 11 is 0. The van der Waals surface area contributed by atoms with Crippen molar-refractivity contribution in [2.45, 2.75) is 0 Å². The average Bonchev–Trinajstić information content (AvgIpc) is 3.16. The Morgan fingerprint density at radius 1 is 0.300 bits per heavy atom. The normalized spacial score (nSPS) is 12.0. The first-order valence-electron chi connectivity index (χ1n) is 10.4. The van der Waals surface area contributed by atoms with Crippen LogP contribution in [0.1, 0.15) is 0 Å². The molecule has 0 atom stereocenters. The third kappa shape index (κ3) is 2.28. The summed E-state index contributed by atoms with van der Waals surface area (Å²) in [4.78, 5) is 0. The monoisotopic (exact) mass is 378 g/mol. The lowest BCUT2D eigenvalue weighted by Gasteiger charge is -2.08. The smallest absolute Gasteiger partial charge is 0.00990 e. The summed E-state index contributed by atoms with van der Waals surface area (Å²) in [5.74, 6) is 0. The van der Waals surface area contributed by atoms with Gasteiger partial charge in [-0.25, -0.2) is 0 Å². The summed E-state index contributed by atoms with van der Waals surface area (Å²) in [6.07, 6.45) is 0. The highest BCUT2D eigenvalue weighted by atomic mass is 14.1. The van der Waals surface area contributed by atoms with Gasteiger partial charge in [-0.1, -0.05) is 60.7 Å².